The van der Waals surface area contributed by atoms with E-state index in [-0.39, 0.29) is 5.91 Å². The van der Waals surface area contributed by atoms with E-state index < -0.39 is 0 Å². The Bertz CT molecular complexity index is 827. The summed E-state index contributed by atoms with van der Waals surface area (Å²) in [6.45, 7) is 2.30. The molecule has 4 nitrogen and oxygen atoms in total. The number of rotatable bonds is 4. The SMILES string of the molecule is Cc1nc(-c2ccccc2)ccc1C(=O)NCc1cc(Br)c[nH]1. The van der Waals surface area contributed by atoms with E-state index in [1.807, 2.05) is 61.7 Å². The molecule has 1 aromatic carbocycles. The van der Waals surface area contributed by atoms with Crippen LogP contribution in [0.4, 0.5) is 0 Å². The molecule has 0 fully saturated rings. The fourth-order valence-electron chi connectivity index (χ4n) is 2.35. The molecule has 23 heavy (non-hydrogen) atoms. The molecule has 0 atom stereocenters. The number of nitrogens with zero attached hydrogens (tertiary/aromatic N) is 1. The lowest BCUT2D eigenvalue weighted by atomic mass is 10.1. The molecule has 0 spiro atoms. The van der Waals surface area contributed by atoms with Crippen LogP contribution < -0.4 is 5.32 Å². The summed E-state index contributed by atoms with van der Waals surface area (Å²) < 4.78 is 0.965. The molecule has 5 heteroatoms. The molecule has 2 aromatic heterocycles. The van der Waals surface area contributed by atoms with Crippen molar-refractivity contribution in [2.45, 2.75) is 13.5 Å². The van der Waals surface area contributed by atoms with E-state index in [0.717, 1.165) is 27.1 Å². The highest BCUT2D eigenvalue weighted by atomic mass is 79.9. The summed E-state index contributed by atoms with van der Waals surface area (Å²) in [5.41, 5.74) is 4.16. The number of aromatic amines is 1. The zero-order valence-corrected chi connectivity index (χ0v) is 14.2. The number of aryl methyl sites for hydroxylation is 1. The molecule has 0 radical (unpaired) electrons. The zero-order valence-electron chi connectivity index (χ0n) is 12.6. The van der Waals surface area contributed by atoms with Gasteiger partial charge in [0.2, 0.25) is 0 Å². The number of nitrogens with one attached hydrogen (secondary N) is 2. The predicted octanol–water partition coefficient (Wildman–Crippen LogP) is 4.08. The molecule has 0 saturated carbocycles. The Kier molecular flexibility index (Phi) is 4.57. The number of carbonyl (C=O) groups excluding carboxylic acids is 1. The Balaban J connectivity index is 1.74. The summed E-state index contributed by atoms with van der Waals surface area (Å²) in [5.74, 6) is -0.125. The average molecular weight is 370 g/mol. The largest absolute Gasteiger partial charge is 0.362 e. The van der Waals surface area contributed by atoms with Crippen LogP contribution in [0.3, 0.4) is 0 Å². The fourth-order valence-corrected chi connectivity index (χ4v) is 2.75. The summed E-state index contributed by atoms with van der Waals surface area (Å²) >= 11 is 3.37. The average Bonchev–Trinajstić information content (AvgIpc) is 2.99. The molecular weight excluding hydrogens is 354 g/mol. The molecule has 0 unspecified atom stereocenters. The first kappa shape index (κ1) is 15.5. The summed E-state index contributed by atoms with van der Waals surface area (Å²) in [4.78, 5) is 19.9. The van der Waals surface area contributed by atoms with Crippen LogP contribution in [0.1, 0.15) is 21.7 Å². The van der Waals surface area contributed by atoms with Gasteiger partial charge in [-0.2, -0.15) is 0 Å². The van der Waals surface area contributed by atoms with E-state index in [2.05, 4.69) is 31.2 Å². The molecule has 116 valence electrons. The van der Waals surface area contributed by atoms with Gasteiger partial charge in [-0.15, -0.1) is 0 Å². The summed E-state index contributed by atoms with van der Waals surface area (Å²) in [5, 5.41) is 2.90. The first-order chi connectivity index (χ1) is 11.1. The van der Waals surface area contributed by atoms with Crippen molar-refractivity contribution >= 4 is 21.8 Å². The number of aromatic nitrogens is 2. The smallest absolute Gasteiger partial charge is 0.253 e. The maximum Gasteiger partial charge on any atom is 0.253 e. The van der Waals surface area contributed by atoms with Gasteiger partial charge in [0.15, 0.2) is 0 Å². The molecular formula is C18H16BrN3O. The Labute approximate surface area is 143 Å². The number of amides is 1. The third kappa shape index (κ3) is 3.68. The predicted molar refractivity (Wildman–Crippen MR) is 94.1 cm³/mol. The van der Waals surface area contributed by atoms with Crippen LogP contribution in [-0.4, -0.2) is 15.9 Å². The van der Waals surface area contributed by atoms with Crippen LogP contribution in [0.2, 0.25) is 0 Å². The van der Waals surface area contributed by atoms with Crippen LogP contribution in [0.5, 0.6) is 0 Å². The second-order valence-electron chi connectivity index (χ2n) is 5.22. The fraction of sp³-hybridized carbons (Fsp3) is 0.111. The lowest BCUT2D eigenvalue weighted by molar-refractivity contribution is 0.0949. The van der Waals surface area contributed by atoms with Crippen molar-refractivity contribution in [3.05, 3.63) is 76.2 Å². The number of benzene rings is 1. The molecule has 0 aliphatic carbocycles. The third-order valence-corrected chi connectivity index (χ3v) is 4.00. The summed E-state index contributed by atoms with van der Waals surface area (Å²) in [6.07, 6.45) is 1.84. The van der Waals surface area contributed by atoms with Gasteiger partial charge >= 0.3 is 0 Å². The van der Waals surface area contributed by atoms with Gasteiger partial charge in [0, 0.05) is 21.9 Å². The molecule has 0 aliphatic heterocycles. The quantitative estimate of drug-likeness (QED) is 0.727. The van der Waals surface area contributed by atoms with Gasteiger partial charge in [-0.05, 0) is 41.1 Å². The summed E-state index contributed by atoms with van der Waals surface area (Å²) in [6, 6.07) is 15.6. The van der Waals surface area contributed by atoms with Crippen molar-refractivity contribution in [2.24, 2.45) is 0 Å². The number of carbonyl (C=O) groups is 1. The number of pyridine rings is 1. The van der Waals surface area contributed by atoms with Crippen molar-refractivity contribution in [3.8, 4) is 11.3 Å². The van der Waals surface area contributed by atoms with E-state index in [4.69, 9.17) is 0 Å². The van der Waals surface area contributed by atoms with E-state index in [1.165, 1.54) is 0 Å². The summed E-state index contributed by atoms with van der Waals surface area (Å²) in [7, 11) is 0. The molecule has 0 aliphatic rings. The third-order valence-electron chi connectivity index (χ3n) is 3.55. The van der Waals surface area contributed by atoms with E-state index >= 15 is 0 Å². The first-order valence-corrected chi connectivity index (χ1v) is 8.07. The maximum atomic E-state index is 12.3. The highest BCUT2D eigenvalue weighted by molar-refractivity contribution is 9.10. The Morgan fingerprint density at radius 1 is 1.22 bits per heavy atom. The lowest BCUT2D eigenvalue weighted by Gasteiger charge is -2.08. The highest BCUT2D eigenvalue weighted by Gasteiger charge is 2.11. The highest BCUT2D eigenvalue weighted by Crippen LogP contribution is 2.18. The van der Waals surface area contributed by atoms with E-state index in [9.17, 15) is 4.79 Å². The van der Waals surface area contributed by atoms with Gasteiger partial charge < -0.3 is 10.3 Å². The normalized spacial score (nSPS) is 10.5. The molecule has 3 aromatic rings. The number of halogens is 1. The maximum absolute atomic E-state index is 12.3. The molecule has 0 bridgehead atoms. The Hall–Kier alpha value is -2.40. The Morgan fingerprint density at radius 2 is 2.00 bits per heavy atom. The van der Waals surface area contributed by atoms with Crippen molar-refractivity contribution in [3.63, 3.8) is 0 Å². The van der Waals surface area contributed by atoms with Crippen LogP contribution >= 0.6 is 15.9 Å². The van der Waals surface area contributed by atoms with E-state index in [1.54, 1.807) is 0 Å². The number of hydrogen-bond acceptors (Lipinski definition) is 2. The molecule has 2 N–H and O–H groups in total. The second-order valence-corrected chi connectivity index (χ2v) is 6.14. The zero-order chi connectivity index (χ0) is 16.2. The molecule has 1 amide bonds. The number of H-pyrrole nitrogens is 1. The van der Waals surface area contributed by atoms with Gasteiger partial charge in [0.25, 0.3) is 5.91 Å². The molecule has 0 saturated heterocycles. The molecule has 2 heterocycles. The second kappa shape index (κ2) is 6.79. The Morgan fingerprint density at radius 3 is 2.65 bits per heavy atom. The van der Waals surface area contributed by atoms with Gasteiger partial charge in [0.05, 0.1) is 23.5 Å². The minimum atomic E-state index is -0.125. The van der Waals surface area contributed by atoms with Gasteiger partial charge in [-0.25, -0.2) is 0 Å². The minimum Gasteiger partial charge on any atom is -0.362 e. The molecule has 3 rings (SSSR count). The van der Waals surface area contributed by atoms with Gasteiger partial charge in [0.1, 0.15) is 0 Å². The number of hydrogen-bond donors (Lipinski definition) is 2. The first-order valence-electron chi connectivity index (χ1n) is 7.27. The van der Waals surface area contributed by atoms with Crippen molar-refractivity contribution in [1.82, 2.24) is 15.3 Å². The van der Waals surface area contributed by atoms with E-state index in [0.29, 0.717) is 12.1 Å². The van der Waals surface area contributed by atoms with Crippen molar-refractivity contribution in [2.75, 3.05) is 0 Å². The monoisotopic (exact) mass is 369 g/mol. The van der Waals surface area contributed by atoms with Gasteiger partial charge in [-0.1, -0.05) is 30.3 Å². The lowest BCUT2D eigenvalue weighted by Crippen LogP contribution is -2.24. The standard InChI is InChI=1S/C18H16BrN3O/c1-12-16(18(23)21-11-15-9-14(19)10-20-15)7-8-17(22-12)13-5-3-2-4-6-13/h2-10,20H,11H2,1H3,(H,21,23). The van der Waals surface area contributed by atoms with Crippen LogP contribution in [0.15, 0.2) is 59.2 Å². The van der Waals surface area contributed by atoms with Crippen LogP contribution in [0.25, 0.3) is 11.3 Å². The minimum absolute atomic E-state index is 0.125. The topological polar surface area (TPSA) is 57.8 Å². The van der Waals surface area contributed by atoms with Gasteiger partial charge in [-0.3, -0.25) is 9.78 Å². The van der Waals surface area contributed by atoms with Crippen molar-refractivity contribution in [1.29, 1.82) is 0 Å². The van der Waals surface area contributed by atoms with Crippen LogP contribution in [-0.2, 0) is 6.54 Å². The van der Waals surface area contributed by atoms with Crippen LogP contribution in [0, 0.1) is 6.92 Å². The van der Waals surface area contributed by atoms with Crippen molar-refractivity contribution < 1.29 is 4.79 Å².